The van der Waals surface area contributed by atoms with Crippen molar-refractivity contribution >= 4 is 12.1 Å². The van der Waals surface area contributed by atoms with Gasteiger partial charge < -0.3 is 4.79 Å². The molecule has 4 rings (SSSR count). The highest BCUT2D eigenvalue weighted by atomic mass is 16.1. The number of allylic oxidation sites excluding steroid dienone is 4. The second-order valence-electron chi connectivity index (χ2n) is 9.27. The van der Waals surface area contributed by atoms with Gasteiger partial charge in [0, 0.05) is 17.8 Å². The van der Waals surface area contributed by atoms with Crippen molar-refractivity contribution in [2.75, 3.05) is 0 Å². The minimum Gasteiger partial charge on any atom is -0.303 e. The van der Waals surface area contributed by atoms with Crippen LogP contribution >= 0.6 is 0 Å². The number of hydrogen-bond donors (Lipinski definition) is 0. The van der Waals surface area contributed by atoms with Gasteiger partial charge in [0.2, 0.25) is 0 Å². The standard InChI is InChI=1S/C22H30O2/c1-14(13-23)18-6-7-19-17-5-4-15-12-16(24)8-10-21(15,2)20(17)9-11-22(18,19)3/h9,12-14,17-19H,4-8,10-11H2,1-3H3/t14?,17-,18+,19-,21-,22+/m0/s1. The number of carbonyl (C=O) groups excluding carboxylic acids is 2. The maximum Gasteiger partial charge on any atom is 0.155 e. The third-order valence-electron chi connectivity index (χ3n) is 8.26. The average molecular weight is 326 g/mol. The van der Waals surface area contributed by atoms with Crippen molar-refractivity contribution in [3.8, 4) is 0 Å². The largest absolute Gasteiger partial charge is 0.303 e. The Morgan fingerprint density at radius 1 is 1.21 bits per heavy atom. The van der Waals surface area contributed by atoms with Crippen molar-refractivity contribution in [1.82, 2.24) is 0 Å². The van der Waals surface area contributed by atoms with Gasteiger partial charge in [0.1, 0.15) is 6.29 Å². The Bertz CT molecular complexity index is 642. The van der Waals surface area contributed by atoms with Crippen LogP contribution in [-0.2, 0) is 9.59 Å². The molecule has 4 aliphatic carbocycles. The summed E-state index contributed by atoms with van der Waals surface area (Å²) in [5.41, 5.74) is 3.44. The molecule has 0 bridgehead atoms. The smallest absolute Gasteiger partial charge is 0.155 e. The van der Waals surface area contributed by atoms with E-state index in [9.17, 15) is 9.59 Å². The maximum atomic E-state index is 11.9. The second kappa shape index (κ2) is 5.41. The van der Waals surface area contributed by atoms with E-state index in [4.69, 9.17) is 0 Å². The second-order valence-corrected chi connectivity index (χ2v) is 9.27. The Labute approximate surface area is 145 Å². The summed E-state index contributed by atoms with van der Waals surface area (Å²) in [6, 6.07) is 0. The van der Waals surface area contributed by atoms with Crippen molar-refractivity contribution < 1.29 is 9.59 Å². The van der Waals surface area contributed by atoms with Crippen LogP contribution in [0, 0.1) is 34.5 Å². The maximum absolute atomic E-state index is 11.9. The number of aldehydes is 1. The zero-order valence-corrected chi connectivity index (χ0v) is 15.3. The van der Waals surface area contributed by atoms with Gasteiger partial charge in [-0.2, -0.15) is 0 Å². The van der Waals surface area contributed by atoms with E-state index in [0.29, 0.717) is 24.0 Å². The first kappa shape index (κ1) is 16.3. The first-order chi connectivity index (χ1) is 11.4. The molecule has 1 unspecified atom stereocenters. The quantitative estimate of drug-likeness (QED) is 0.535. The zero-order chi connectivity index (χ0) is 17.1. The summed E-state index contributed by atoms with van der Waals surface area (Å²) in [6.07, 6.45) is 13.2. The SMILES string of the molecule is CC(C=O)[C@H]1CC[C@H]2[C@@H]3CCC4=CC(=O)CC[C@]4(C)C3=CC[C@]12C. The molecule has 24 heavy (non-hydrogen) atoms. The summed E-state index contributed by atoms with van der Waals surface area (Å²) < 4.78 is 0. The molecule has 2 saturated carbocycles. The Balaban J connectivity index is 1.72. The molecular formula is C22H30O2. The highest BCUT2D eigenvalue weighted by molar-refractivity contribution is 5.92. The van der Waals surface area contributed by atoms with Crippen LogP contribution in [-0.4, -0.2) is 12.1 Å². The van der Waals surface area contributed by atoms with Crippen molar-refractivity contribution in [1.29, 1.82) is 0 Å². The molecule has 0 heterocycles. The van der Waals surface area contributed by atoms with Gasteiger partial charge in [-0.1, -0.05) is 38.0 Å². The van der Waals surface area contributed by atoms with Crippen molar-refractivity contribution in [3.05, 3.63) is 23.3 Å². The topological polar surface area (TPSA) is 34.1 Å². The van der Waals surface area contributed by atoms with Crippen LogP contribution in [0.1, 0.15) is 65.7 Å². The molecule has 2 heteroatoms. The lowest BCUT2D eigenvalue weighted by Crippen LogP contribution is -2.45. The van der Waals surface area contributed by atoms with E-state index in [1.165, 1.54) is 31.1 Å². The van der Waals surface area contributed by atoms with Crippen LogP contribution in [0.25, 0.3) is 0 Å². The van der Waals surface area contributed by atoms with E-state index in [1.54, 1.807) is 5.57 Å². The number of hydrogen-bond acceptors (Lipinski definition) is 2. The molecule has 0 N–H and O–H groups in total. The van der Waals surface area contributed by atoms with E-state index >= 15 is 0 Å². The number of ketones is 1. The molecule has 4 aliphatic rings. The first-order valence-corrected chi connectivity index (χ1v) is 9.80. The van der Waals surface area contributed by atoms with Crippen LogP contribution in [0.4, 0.5) is 0 Å². The fourth-order valence-corrected chi connectivity index (χ4v) is 6.85. The molecule has 2 fully saturated rings. The molecule has 0 amide bonds. The fourth-order valence-electron chi connectivity index (χ4n) is 6.85. The van der Waals surface area contributed by atoms with Crippen molar-refractivity contribution in [2.24, 2.45) is 34.5 Å². The normalized spacial score (nSPS) is 45.5. The lowest BCUT2D eigenvalue weighted by molar-refractivity contribution is -0.115. The van der Waals surface area contributed by atoms with E-state index in [2.05, 4.69) is 26.8 Å². The summed E-state index contributed by atoms with van der Waals surface area (Å²) >= 11 is 0. The van der Waals surface area contributed by atoms with Gasteiger partial charge in [0.15, 0.2) is 5.78 Å². The van der Waals surface area contributed by atoms with E-state index < -0.39 is 0 Å². The zero-order valence-electron chi connectivity index (χ0n) is 15.3. The first-order valence-electron chi connectivity index (χ1n) is 9.80. The van der Waals surface area contributed by atoms with Gasteiger partial charge in [0.25, 0.3) is 0 Å². The summed E-state index contributed by atoms with van der Waals surface area (Å²) in [7, 11) is 0. The molecule has 6 atom stereocenters. The third kappa shape index (κ3) is 2.07. The molecule has 2 nitrogen and oxygen atoms in total. The minimum atomic E-state index is 0.131. The van der Waals surface area contributed by atoms with Gasteiger partial charge >= 0.3 is 0 Å². The fraction of sp³-hybridized carbons (Fsp3) is 0.727. The van der Waals surface area contributed by atoms with E-state index in [-0.39, 0.29) is 16.7 Å². The molecule has 0 aromatic heterocycles. The third-order valence-corrected chi connectivity index (χ3v) is 8.26. The average Bonchev–Trinajstić information content (AvgIpc) is 2.92. The molecule has 130 valence electrons. The summed E-state index contributed by atoms with van der Waals surface area (Å²) in [5.74, 6) is 2.43. The van der Waals surface area contributed by atoms with Crippen molar-refractivity contribution in [3.63, 3.8) is 0 Å². The number of fused-ring (bicyclic) bond motifs is 5. The van der Waals surface area contributed by atoms with Crippen molar-refractivity contribution in [2.45, 2.75) is 65.7 Å². The van der Waals surface area contributed by atoms with Crippen LogP contribution in [0.5, 0.6) is 0 Å². The Morgan fingerprint density at radius 3 is 2.75 bits per heavy atom. The lowest BCUT2D eigenvalue weighted by Gasteiger charge is -2.53. The van der Waals surface area contributed by atoms with Crippen LogP contribution in [0.3, 0.4) is 0 Å². The van der Waals surface area contributed by atoms with Crippen LogP contribution in [0.2, 0.25) is 0 Å². The molecule has 0 saturated heterocycles. The Kier molecular flexibility index (Phi) is 3.67. The summed E-state index contributed by atoms with van der Waals surface area (Å²) in [4.78, 5) is 23.3. The molecule has 0 aromatic rings. The van der Waals surface area contributed by atoms with E-state index in [1.807, 2.05) is 6.08 Å². The summed E-state index contributed by atoms with van der Waals surface area (Å²) in [5, 5.41) is 0. The van der Waals surface area contributed by atoms with Gasteiger partial charge in [-0.3, -0.25) is 4.79 Å². The van der Waals surface area contributed by atoms with Gasteiger partial charge in [0.05, 0.1) is 0 Å². The van der Waals surface area contributed by atoms with Crippen LogP contribution in [0.15, 0.2) is 23.3 Å². The number of carbonyl (C=O) groups is 2. The minimum absolute atomic E-state index is 0.131. The highest BCUT2D eigenvalue weighted by Crippen LogP contribution is 2.65. The van der Waals surface area contributed by atoms with Gasteiger partial charge in [-0.15, -0.1) is 0 Å². The van der Waals surface area contributed by atoms with Gasteiger partial charge in [-0.25, -0.2) is 0 Å². The highest BCUT2D eigenvalue weighted by Gasteiger charge is 2.56. The van der Waals surface area contributed by atoms with Gasteiger partial charge in [-0.05, 0) is 67.8 Å². The molecule has 0 aliphatic heterocycles. The predicted octanol–water partition coefficient (Wildman–Crippen LogP) is 4.89. The monoisotopic (exact) mass is 326 g/mol. The Morgan fingerprint density at radius 2 is 2.00 bits per heavy atom. The van der Waals surface area contributed by atoms with Crippen LogP contribution < -0.4 is 0 Å². The molecule has 0 aromatic carbocycles. The molecular weight excluding hydrogens is 296 g/mol. The van der Waals surface area contributed by atoms with E-state index in [0.717, 1.165) is 25.2 Å². The predicted molar refractivity (Wildman–Crippen MR) is 95.4 cm³/mol. The Hall–Kier alpha value is -1.18. The summed E-state index contributed by atoms with van der Waals surface area (Å²) in [6.45, 7) is 6.94. The lowest BCUT2D eigenvalue weighted by atomic mass is 9.51. The molecule has 0 radical (unpaired) electrons. The molecule has 0 spiro atoms. The number of rotatable bonds is 2.